The molecule has 8 nitrogen and oxygen atoms in total. The Morgan fingerprint density at radius 1 is 1.16 bits per heavy atom. The molecule has 1 N–H and O–H groups in total. The summed E-state index contributed by atoms with van der Waals surface area (Å²) >= 11 is 12.3. The molecule has 1 aromatic rings. The second kappa shape index (κ2) is 7.59. The number of hydrogen-bond acceptors (Lipinski definition) is 8. The zero-order chi connectivity index (χ0) is 23.3. The van der Waals surface area contributed by atoms with Crippen molar-refractivity contribution in [2.75, 3.05) is 14.2 Å². The van der Waals surface area contributed by atoms with E-state index < -0.39 is 34.4 Å². The van der Waals surface area contributed by atoms with Gasteiger partial charge in [0.25, 0.3) is 0 Å². The number of ketones is 1. The summed E-state index contributed by atoms with van der Waals surface area (Å²) in [6, 6.07) is 4.60. The number of nitrogens with one attached hydrogen (secondary N) is 1. The first-order valence-corrected chi connectivity index (χ1v) is 9.76. The van der Waals surface area contributed by atoms with Crippen LogP contribution in [0.4, 0.5) is 0 Å². The minimum absolute atomic E-state index is 0.00563. The molecule has 0 amide bonds. The van der Waals surface area contributed by atoms with E-state index in [0.29, 0.717) is 0 Å². The van der Waals surface area contributed by atoms with Gasteiger partial charge in [-0.2, -0.15) is 5.26 Å². The average molecular weight is 465 g/mol. The highest BCUT2D eigenvalue weighted by Gasteiger charge is 2.64. The van der Waals surface area contributed by atoms with E-state index in [1.165, 1.54) is 12.1 Å². The van der Waals surface area contributed by atoms with E-state index in [2.05, 4.69) is 5.32 Å². The molecular formula is C21H18Cl2N2O6. The summed E-state index contributed by atoms with van der Waals surface area (Å²) < 4.78 is 15.6. The van der Waals surface area contributed by atoms with Crippen molar-refractivity contribution in [2.45, 2.75) is 31.9 Å². The lowest BCUT2D eigenvalue weighted by atomic mass is 9.84. The Bertz CT molecular complexity index is 1140. The lowest BCUT2D eigenvalue weighted by Gasteiger charge is -2.26. The van der Waals surface area contributed by atoms with Gasteiger partial charge in [0.05, 0.1) is 36.1 Å². The largest absolute Gasteiger partial charge is 0.466 e. The molecule has 0 aromatic heterocycles. The topological polar surface area (TPSA) is 115 Å². The van der Waals surface area contributed by atoms with E-state index >= 15 is 0 Å². The molecule has 1 atom stereocenters. The van der Waals surface area contributed by atoms with Gasteiger partial charge in [0.15, 0.2) is 5.75 Å². The van der Waals surface area contributed by atoms with Crippen LogP contribution in [0.2, 0.25) is 10.0 Å². The standard InChI is InChI=1S/C21H18Cl2N2O6/c1-20(2,3)25-15-11(8-24)21(14(19(28)30-5)13(15)18(27)29-4)17(26)10-6-9(22)7-12(23)16(10)31-21/h6-7,25H,1-5H3/t21-/m1/s1. The fourth-order valence-corrected chi connectivity index (χ4v) is 4.10. The zero-order valence-electron chi connectivity index (χ0n) is 17.3. The van der Waals surface area contributed by atoms with Gasteiger partial charge in [-0.05, 0) is 32.9 Å². The van der Waals surface area contributed by atoms with Crippen molar-refractivity contribution in [3.8, 4) is 11.8 Å². The number of carbonyl (C=O) groups excluding carboxylic acids is 3. The SMILES string of the molecule is COC(=O)C1=C(C(=O)OC)[C@]2(Oc3c(Cl)cc(Cl)cc3C2=O)C(C#N)=C1NC(C)(C)C. The lowest BCUT2D eigenvalue weighted by molar-refractivity contribution is -0.140. The third kappa shape index (κ3) is 3.34. The van der Waals surface area contributed by atoms with Gasteiger partial charge < -0.3 is 19.5 Å². The maximum atomic E-state index is 13.6. The summed E-state index contributed by atoms with van der Waals surface area (Å²) in [5.74, 6) is -2.84. The van der Waals surface area contributed by atoms with Crippen LogP contribution in [0.15, 0.2) is 34.5 Å². The fourth-order valence-electron chi connectivity index (χ4n) is 3.57. The monoisotopic (exact) mass is 464 g/mol. The van der Waals surface area contributed by atoms with Crippen LogP contribution in [0, 0.1) is 11.3 Å². The Balaban J connectivity index is 2.45. The number of halogens is 2. The van der Waals surface area contributed by atoms with Gasteiger partial charge in [0.1, 0.15) is 17.2 Å². The first-order chi connectivity index (χ1) is 14.4. The number of benzene rings is 1. The molecule has 2 aliphatic rings. The first-order valence-electron chi connectivity index (χ1n) is 9.00. The maximum absolute atomic E-state index is 13.6. The smallest absolute Gasteiger partial charge is 0.340 e. The lowest BCUT2D eigenvalue weighted by Crippen LogP contribution is -2.46. The highest BCUT2D eigenvalue weighted by molar-refractivity contribution is 6.37. The molecule has 0 unspecified atom stereocenters. The molecule has 1 aliphatic carbocycles. The molecule has 0 radical (unpaired) electrons. The molecule has 0 saturated carbocycles. The number of carbonyl (C=O) groups is 3. The van der Waals surface area contributed by atoms with Gasteiger partial charge in [-0.1, -0.05) is 23.2 Å². The molecule has 0 fully saturated rings. The number of hydrogen-bond donors (Lipinski definition) is 1. The van der Waals surface area contributed by atoms with Crippen LogP contribution in [0.1, 0.15) is 31.1 Å². The molecule has 31 heavy (non-hydrogen) atoms. The van der Waals surface area contributed by atoms with Gasteiger partial charge in [0, 0.05) is 10.6 Å². The Morgan fingerprint density at radius 3 is 2.29 bits per heavy atom. The van der Waals surface area contributed by atoms with Crippen molar-refractivity contribution in [3.05, 3.63) is 50.2 Å². The molecule has 3 rings (SSSR count). The van der Waals surface area contributed by atoms with E-state index in [1.54, 1.807) is 20.8 Å². The zero-order valence-corrected chi connectivity index (χ0v) is 18.8. The van der Waals surface area contributed by atoms with Crippen molar-refractivity contribution in [3.63, 3.8) is 0 Å². The number of nitriles is 1. The van der Waals surface area contributed by atoms with Crippen LogP contribution >= 0.6 is 23.2 Å². The summed E-state index contributed by atoms with van der Waals surface area (Å²) in [7, 11) is 2.19. The second-order valence-corrected chi connectivity index (χ2v) is 8.69. The average Bonchev–Trinajstić information content (AvgIpc) is 3.12. The molecule has 1 heterocycles. The van der Waals surface area contributed by atoms with E-state index in [9.17, 15) is 19.6 Å². The normalized spacial score (nSPS) is 19.9. The quantitative estimate of drug-likeness (QED) is 0.678. The number of esters is 2. The Hall–Kier alpha value is -3.02. The van der Waals surface area contributed by atoms with E-state index in [1.807, 2.05) is 6.07 Å². The molecule has 0 bridgehead atoms. The first kappa shape index (κ1) is 22.7. The molecule has 1 spiro atoms. The van der Waals surface area contributed by atoms with Crippen molar-refractivity contribution in [1.82, 2.24) is 5.32 Å². The van der Waals surface area contributed by atoms with Crippen molar-refractivity contribution >= 4 is 40.9 Å². The number of Topliss-reactive ketones (excluding diaryl/α,β-unsaturated/α-hetero) is 1. The predicted molar refractivity (Wildman–Crippen MR) is 111 cm³/mol. The molecular weight excluding hydrogens is 447 g/mol. The highest BCUT2D eigenvalue weighted by atomic mass is 35.5. The Kier molecular flexibility index (Phi) is 5.55. The summed E-state index contributed by atoms with van der Waals surface area (Å²) in [5, 5.41) is 13.2. The van der Waals surface area contributed by atoms with Gasteiger partial charge in [-0.15, -0.1) is 0 Å². The van der Waals surface area contributed by atoms with Gasteiger partial charge >= 0.3 is 11.9 Å². The van der Waals surface area contributed by atoms with E-state index in [4.69, 9.17) is 37.4 Å². The fraction of sp³-hybridized carbons (Fsp3) is 0.333. The van der Waals surface area contributed by atoms with E-state index in [0.717, 1.165) is 14.2 Å². The Morgan fingerprint density at radius 2 is 1.77 bits per heavy atom. The Labute approximate surface area is 188 Å². The minimum Gasteiger partial charge on any atom is -0.466 e. The number of ether oxygens (including phenoxy) is 3. The molecule has 1 aromatic carbocycles. The van der Waals surface area contributed by atoms with Crippen molar-refractivity contribution in [2.24, 2.45) is 0 Å². The van der Waals surface area contributed by atoms with Crippen LogP contribution in [-0.4, -0.2) is 43.1 Å². The summed E-state index contributed by atoms with van der Waals surface area (Å²) in [5.41, 5.74) is -4.15. The molecule has 162 valence electrons. The number of rotatable bonds is 3. The van der Waals surface area contributed by atoms with Crippen LogP contribution in [0.25, 0.3) is 0 Å². The minimum atomic E-state index is -2.28. The third-order valence-electron chi connectivity index (χ3n) is 4.67. The summed E-state index contributed by atoms with van der Waals surface area (Å²) in [6.07, 6.45) is 0. The van der Waals surface area contributed by atoms with Crippen LogP contribution in [-0.2, 0) is 19.1 Å². The summed E-state index contributed by atoms with van der Waals surface area (Å²) in [6.45, 7) is 5.32. The van der Waals surface area contributed by atoms with Crippen LogP contribution < -0.4 is 10.1 Å². The van der Waals surface area contributed by atoms with E-state index in [-0.39, 0.29) is 38.2 Å². The summed E-state index contributed by atoms with van der Waals surface area (Å²) in [4.78, 5) is 39.3. The van der Waals surface area contributed by atoms with Crippen molar-refractivity contribution in [1.29, 1.82) is 5.26 Å². The van der Waals surface area contributed by atoms with Crippen LogP contribution in [0.3, 0.4) is 0 Å². The number of methoxy groups -OCH3 is 2. The number of fused-ring (bicyclic) bond motifs is 1. The molecule has 1 aliphatic heterocycles. The van der Waals surface area contributed by atoms with Gasteiger partial charge in [0.2, 0.25) is 11.4 Å². The van der Waals surface area contributed by atoms with Crippen LogP contribution in [0.5, 0.6) is 5.75 Å². The van der Waals surface area contributed by atoms with Gasteiger partial charge in [-0.3, -0.25) is 4.79 Å². The second-order valence-electron chi connectivity index (χ2n) is 7.85. The van der Waals surface area contributed by atoms with Crippen molar-refractivity contribution < 1.29 is 28.6 Å². The molecule has 10 heteroatoms. The maximum Gasteiger partial charge on any atom is 0.340 e. The van der Waals surface area contributed by atoms with Gasteiger partial charge in [-0.25, -0.2) is 9.59 Å². The molecule has 0 saturated heterocycles. The highest BCUT2D eigenvalue weighted by Crippen LogP contribution is 2.53. The predicted octanol–water partition coefficient (Wildman–Crippen LogP) is 3.13. The number of nitrogens with zero attached hydrogens (tertiary/aromatic N) is 1. The third-order valence-corrected chi connectivity index (χ3v) is 5.17.